The van der Waals surface area contributed by atoms with Crippen LogP contribution in [-0.2, 0) is 0 Å². The molecule has 2 heterocycles. The molecule has 25 heavy (non-hydrogen) atoms. The van der Waals surface area contributed by atoms with E-state index >= 15 is 0 Å². The fourth-order valence-electron chi connectivity index (χ4n) is 3.41. The van der Waals surface area contributed by atoms with E-state index in [4.69, 9.17) is 0 Å². The number of aromatic amines is 1. The average molecular weight is 346 g/mol. The quantitative estimate of drug-likeness (QED) is 0.875. The summed E-state index contributed by atoms with van der Waals surface area (Å²) >= 11 is 0. The van der Waals surface area contributed by atoms with Crippen molar-refractivity contribution in [2.24, 2.45) is 5.92 Å². The molecule has 1 aromatic heterocycles. The van der Waals surface area contributed by atoms with Crippen LogP contribution in [0.5, 0.6) is 0 Å². The van der Waals surface area contributed by atoms with Gasteiger partial charge in [-0.3, -0.25) is 9.89 Å². The molecule has 2 aliphatic rings. The van der Waals surface area contributed by atoms with E-state index in [0.29, 0.717) is 30.3 Å². The lowest BCUT2D eigenvalue weighted by molar-refractivity contribution is 0.0947. The number of rotatable bonds is 5. The SMILES string of the molecule is O=C(NCC1CCN(c2ccc(F)c(F)c2)C1)c1cn[nH]c1C1CC1. The maximum Gasteiger partial charge on any atom is 0.254 e. The predicted molar refractivity (Wildman–Crippen MR) is 89.6 cm³/mol. The van der Waals surface area contributed by atoms with Crippen molar-refractivity contribution < 1.29 is 13.6 Å². The molecule has 4 rings (SSSR count). The zero-order valence-electron chi connectivity index (χ0n) is 13.8. The Bertz CT molecular complexity index is 787. The highest BCUT2D eigenvalue weighted by atomic mass is 19.2. The molecule has 1 saturated heterocycles. The number of H-pyrrole nitrogens is 1. The van der Waals surface area contributed by atoms with Gasteiger partial charge in [0.15, 0.2) is 11.6 Å². The summed E-state index contributed by atoms with van der Waals surface area (Å²) in [5.74, 6) is -1.03. The van der Waals surface area contributed by atoms with Gasteiger partial charge in [-0.05, 0) is 37.3 Å². The molecule has 1 unspecified atom stereocenters. The van der Waals surface area contributed by atoms with Gasteiger partial charge in [0.25, 0.3) is 5.91 Å². The molecule has 2 fully saturated rings. The Balaban J connectivity index is 1.32. The third kappa shape index (κ3) is 3.36. The molecule has 1 amide bonds. The molecular formula is C18H20F2N4O. The molecule has 0 radical (unpaired) electrons. The summed E-state index contributed by atoms with van der Waals surface area (Å²) in [6.45, 7) is 2.05. The molecule has 1 aliphatic carbocycles. The van der Waals surface area contributed by atoms with Gasteiger partial charge in [0.2, 0.25) is 0 Å². The highest BCUT2D eigenvalue weighted by Gasteiger charge is 2.30. The summed E-state index contributed by atoms with van der Waals surface area (Å²) in [5, 5.41) is 9.90. The summed E-state index contributed by atoms with van der Waals surface area (Å²) in [4.78, 5) is 14.4. The highest BCUT2D eigenvalue weighted by Crippen LogP contribution is 2.40. The van der Waals surface area contributed by atoms with E-state index in [1.165, 1.54) is 6.07 Å². The second-order valence-corrected chi connectivity index (χ2v) is 6.88. The van der Waals surface area contributed by atoms with E-state index in [2.05, 4.69) is 15.5 Å². The van der Waals surface area contributed by atoms with Gasteiger partial charge >= 0.3 is 0 Å². The van der Waals surface area contributed by atoms with Gasteiger partial charge < -0.3 is 10.2 Å². The predicted octanol–water partition coefficient (Wildman–Crippen LogP) is 2.82. The Hall–Kier alpha value is -2.44. The third-order valence-electron chi connectivity index (χ3n) is 5.00. The van der Waals surface area contributed by atoms with E-state index in [9.17, 15) is 13.6 Å². The number of nitrogens with one attached hydrogen (secondary N) is 2. The normalized spacial score (nSPS) is 20.1. The fraction of sp³-hybridized carbons (Fsp3) is 0.444. The zero-order chi connectivity index (χ0) is 17.4. The largest absolute Gasteiger partial charge is 0.371 e. The molecule has 1 atom stereocenters. The summed E-state index contributed by atoms with van der Waals surface area (Å²) in [7, 11) is 0. The Morgan fingerprint density at radius 3 is 2.88 bits per heavy atom. The Kier molecular flexibility index (Phi) is 4.15. The number of aromatic nitrogens is 2. The number of hydrogen-bond donors (Lipinski definition) is 2. The summed E-state index contributed by atoms with van der Waals surface area (Å²) in [6, 6.07) is 3.97. The van der Waals surface area contributed by atoms with E-state index in [0.717, 1.165) is 37.6 Å². The molecule has 7 heteroatoms. The topological polar surface area (TPSA) is 61.0 Å². The van der Waals surface area contributed by atoms with Gasteiger partial charge in [0.1, 0.15) is 0 Å². The van der Waals surface area contributed by atoms with E-state index < -0.39 is 11.6 Å². The van der Waals surface area contributed by atoms with Crippen LogP contribution < -0.4 is 10.2 Å². The number of halogens is 2. The number of benzene rings is 1. The van der Waals surface area contributed by atoms with Crippen LogP contribution in [0.3, 0.4) is 0 Å². The first-order valence-corrected chi connectivity index (χ1v) is 8.63. The minimum Gasteiger partial charge on any atom is -0.371 e. The van der Waals surface area contributed by atoms with Crippen LogP contribution >= 0.6 is 0 Å². The first kappa shape index (κ1) is 16.1. The number of amides is 1. The van der Waals surface area contributed by atoms with Crippen molar-refractivity contribution in [2.45, 2.75) is 25.2 Å². The van der Waals surface area contributed by atoms with E-state index in [1.807, 2.05) is 4.90 Å². The van der Waals surface area contributed by atoms with Gasteiger partial charge in [-0.25, -0.2) is 8.78 Å². The Morgan fingerprint density at radius 2 is 2.12 bits per heavy atom. The number of carbonyl (C=O) groups is 1. The molecule has 5 nitrogen and oxygen atoms in total. The number of anilines is 1. The van der Waals surface area contributed by atoms with Crippen LogP contribution in [-0.4, -0.2) is 35.7 Å². The van der Waals surface area contributed by atoms with Crippen molar-refractivity contribution in [1.82, 2.24) is 15.5 Å². The van der Waals surface area contributed by atoms with Gasteiger partial charge in [-0.15, -0.1) is 0 Å². The second kappa shape index (κ2) is 6.46. The minimum atomic E-state index is -0.835. The summed E-state index contributed by atoms with van der Waals surface area (Å²) in [6.07, 6.45) is 4.70. The molecule has 0 spiro atoms. The molecule has 2 N–H and O–H groups in total. The molecule has 2 aromatic rings. The van der Waals surface area contributed by atoms with Crippen molar-refractivity contribution >= 4 is 11.6 Å². The van der Waals surface area contributed by atoms with Crippen molar-refractivity contribution in [1.29, 1.82) is 0 Å². The molecule has 1 saturated carbocycles. The van der Waals surface area contributed by atoms with Crippen molar-refractivity contribution in [3.63, 3.8) is 0 Å². The molecule has 132 valence electrons. The third-order valence-corrected chi connectivity index (χ3v) is 5.00. The van der Waals surface area contributed by atoms with Gasteiger partial charge in [-0.1, -0.05) is 0 Å². The second-order valence-electron chi connectivity index (χ2n) is 6.88. The van der Waals surface area contributed by atoms with Gasteiger partial charge in [0, 0.05) is 37.3 Å². The van der Waals surface area contributed by atoms with Crippen LogP contribution in [0.15, 0.2) is 24.4 Å². The van der Waals surface area contributed by atoms with E-state index in [1.54, 1.807) is 12.3 Å². The molecule has 1 aromatic carbocycles. The first-order valence-electron chi connectivity index (χ1n) is 8.63. The Morgan fingerprint density at radius 1 is 1.28 bits per heavy atom. The fourth-order valence-corrected chi connectivity index (χ4v) is 3.41. The highest BCUT2D eigenvalue weighted by molar-refractivity contribution is 5.95. The smallest absolute Gasteiger partial charge is 0.254 e. The van der Waals surface area contributed by atoms with Crippen LogP contribution in [0.2, 0.25) is 0 Å². The molecular weight excluding hydrogens is 326 g/mol. The van der Waals surface area contributed by atoms with Crippen LogP contribution in [0, 0.1) is 17.6 Å². The lowest BCUT2D eigenvalue weighted by Crippen LogP contribution is -2.31. The molecule has 1 aliphatic heterocycles. The maximum absolute atomic E-state index is 13.4. The van der Waals surface area contributed by atoms with Crippen LogP contribution in [0.25, 0.3) is 0 Å². The summed E-state index contributed by atoms with van der Waals surface area (Å²) < 4.78 is 26.4. The molecule has 0 bridgehead atoms. The standard InChI is InChI=1S/C18H20F2N4O/c19-15-4-3-13(7-16(15)20)24-6-5-11(10-24)8-21-18(25)14-9-22-23-17(14)12-1-2-12/h3-4,7,9,11-12H,1-2,5-6,8,10H2,(H,21,25)(H,22,23). The summed E-state index contributed by atoms with van der Waals surface area (Å²) in [5.41, 5.74) is 2.25. The minimum absolute atomic E-state index is 0.0954. The van der Waals surface area contributed by atoms with Crippen LogP contribution in [0.4, 0.5) is 14.5 Å². The van der Waals surface area contributed by atoms with Crippen LogP contribution in [0.1, 0.15) is 41.2 Å². The Labute approximate surface area is 144 Å². The lowest BCUT2D eigenvalue weighted by atomic mass is 10.1. The lowest BCUT2D eigenvalue weighted by Gasteiger charge is -2.19. The van der Waals surface area contributed by atoms with Crippen molar-refractivity contribution in [3.05, 3.63) is 47.3 Å². The van der Waals surface area contributed by atoms with Crippen molar-refractivity contribution in [2.75, 3.05) is 24.5 Å². The average Bonchev–Trinajstić information content (AvgIpc) is 3.14. The monoisotopic (exact) mass is 346 g/mol. The van der Waals surface area contributed by atoms with Gasteiger partial charge in [0.05, 0.1) is 17.5 Å². The number of hydrogen-bond acceptors (Lipinski definition) is 3. The van der Waals surface area contributed by atoms with Crippen molar-refractivity contribution in [3.8, 4) is 0 Å². The van der Waals surface area contributed by atoms with Gasteiger partial charge in [-0.2, -0.15) is 5.10 Å². The number of carbonyl (C=O) groups excluding carboxylic acids is 1. The maximum atomic E-state index is 13.4. The zero-order valence-corrected chi connectivity index (χ0v) is 13.8. The number of nitrogens with zero attached hydrogens (tertiary/aromatic N) is 2. The van der Waals surface area contributed by atoms with E-state index in [-0.39, 0.29) is 11.8 Å². The first-order chi connectivity index (χ1) is 12.1.